The second-order valence-electron chi connectivity index (χ2n) is 7.37. The molecule has 0 spiro atoms. The van der Waals surface area contributed by atoms with E-state index >= 15 is 0 Å². The van der Waals surface area contributed by atoms with Crippen LogP contribution in [0.1, 0.15) is 35.5 Å². The van der Waals surface area contributed by atoms with Crippen LogP contribution in [-0.4, -0.2) is 21.1 Å². The summed E-state index contributed by atoms with van der Waals surface area (Å²) in [5.74, 6) is -0.0670. The number of aryl methyl sites for hydroxylation is 1. The van der Waals surface area contributed by atoms with Crippen molar-refractivity contribution in [2.75, 3.05) is 4.90 Å². The molecule has 0 N–H and O–H groups in total. The first-order valence-electron chi connectivity index (χ1n) is 9.85. The fourth-order valence-electron chi connectivity index (χ4n) is 3.15. The Hall–Kier alpha value is -2.70. The molecule has 0 unspecified atom stereocenters. The molecule has 0 saturated carbocycles. The number of anilines is 1. The number of pyridine rings is 1. The van der Waals surface area contributed by atoms with Crippen LogP contribution in [0.25, 0.3) is 10.2 Å². The van der Waals surface area contributed by atoms with Crippen molar-refractivity contribution >= 4 is 44.4 Å². The predicted molar refractivity (Wildman–Crippen MR) is 127 cm³/mol. The van der Waals surface area contributed by atoms with Crippen molar-refractivity contribution < 1.29 is 4.79 Å². The first-order chi connectivity index (χ1) is 14.5. The van der Waals surface area contributed by atoms with E-state index in [1.54, 1.807) is 22.9 Å². The molecule has 0 saturated heterocycles. The van der Waals surface area contributed by atoms with E-state index in [1.807, 2.05) is 54.6 Å². The van der Waals surface area contributed by atoms with Crippen LogP contribution < -0.4 is 4.90 Å². The Balaban J connectivity index is 1.73. The highest BCUT2D eigenvalue weighted by Gasteiger charge is 2.22. The maximum atomic E-state index is 13.6. The molecule has 0 atom stereocenters. The van der Waals surface area contributed by atoms with E-state index in [9.17, 15) is 4.79 Å². The summed E-state index contributed by atoms with van der Waals surface area (Å²) < 4.78 is 1.08. The number of nitrogens with zero attached hydrogens (tertiary/aromatic N) is 3. The van der Waals surface area contributed by atoms with Gasteiger partial charge in [-0.2, -0.15) is 0 Å². The first kappa shape index (κ1) is 20.6. The normalized spacial score (nSPS) is 11.2. The van der Waals surface area contributed by atoms with Crippen LogP contribution in [0.4, 0.5) is 5.13 Å². The standard InChI is InChI=1S/C24H23N3OS2/c1-16(2)29-20-9-6-7-18(14-20)23(28)27(15-19-8-4-5-12-25-19)24-26-21-11-10-17(3)13-22(21)30-24/h4-14,16H,15H2,1-3H3. The minimum absolute atomic E-state index is 0.0670. The summed E-state index contributed by atoms with van der Waals surface area (Å²) in [4.78, 5) is 25.6. The minimum Gasteiger partial charge on any atom is -0.278 e. The van der Waals surface area contributed by atoms with Crippen LogP contribution in [0.5, 0.6) is 0 Å². The smallest absolute Gasteiger partial charge is 0.260 e. The van der Waals surface area contributed by atoms with Gasteiger partial charge in [-0.15, -0.1) is 11.8 Å². The SMILES string of the molecule is Cc1ccc2nc(N(Cc3ccccn3)C(=O)c3cccc(SC(C)C)c3)sc2c1. The predicted octanol–water partition coefficient (Wildman–Crippen LogP) is 6.35. The van der Waals surface area contributed by atoms with Crippen molar-refractivity contribution in [3.63, 3.8) is 0 Å². The largest absolute Gasteiger partial charge is 0.278 e. The van der Waals surface area contributed by atoms with Gasteiger partial charge in [0.05, 0.1) is 22.5 Å². The molecule has 2 aromatic carbocycles. The Kier molecular flexibility index (Phi) is 6.16. The molecule has 0 aliphatic heterocycles. The summed E-state index contributed by atoms with van der Waals surface area (Å²) >= 11 is 3.29. The van der Waals surface area contributed by atoms with Gasteiger partial charge in [0.25, 0.3) is 5.91 Å². The topological polar surface area (TPSA) is 46.1 Å². The number of carbonyl (C=O) groups excluding carboxylic acids is 1. The van der Waals surface area contributed by atoms with E-state index < -0.39 is 0 Å². The molecule has 2 aromatic heterocycles. The number of amides is 1. The van der Waals surface area contributed by atoms with Crippen LogP contribution >= 0.6 is 23.1 Å². The van der Waals surface area contributed by atoms with Gasteiger partial charge in [0, 0.05) is 21.9 Å². The molecule has 0 aliphatic rings. The zero-order valence-corrected chi connectivity index (χ0v) is 18.8. The van der Waals surface area contributed by atoms with E-state index in [0.717, 1.165) is 20.8 Å². The monoisotopic (exact) mass is 433 g/mol. The Morgan fingerprint density at radius 3 is 2.73 bits per heavy atom. The van der Waals surface area contributed by atoms with Crippen LogP contribution in [0.3, 0.4) is 0 Å². The molecule has 1 amide bonds. The van der Waals surface area contributed by atoms with Gasteiger partial charge in [-0.3, -0.25) is 14.7 Å². The highest BCUT2D eigenvalue weighted by Crippen LogP contribution is 2.32. The summed E-state index contributed by atoms with van der Waals surface area (Å²) in [6, 6.07) is 19.7. The minimum atomic E-state index is -0.0670. The van der Waals surface area contributed by atoms with Crippen molar-refractivity contribution in [2.45, 2.75) is 37.5 Å². The van der Waals surface area contributed by atoms with Crippen molar-refractivity contribution in [3.05, 3.63) is 83.7 Å². The lowest BCUT2D eigenvalue weighted by atomic mass is 10.2. The lowest BCUT2D eigenvalue weighted by molar-refractivity contribution is 0.0984. The number of rotatable bonds is 6. The number of benzene rings is 2. The van der Waals surface area contributed by atoms with Crippen LogP contribution in [0.15, 0.2) is 71.8 Å². The zero-order chi connectivity index (χ0) is 21.1. The maximum Gasteiger partial charge on any atom is 0.260 e. The third-order valence-electron chi connectivity index (χ3n) is 4.51. The quantitative estimate of drug-likeness (QED) is 0.333. The van der Waals surface area contributed by atoms with Crippen molar-refractivity contribution in [1.29, 1.82) is 0 Å². The molecule has 2 heterocycles. The molecular formula is C24H23N3OS2. The van der Waals surface area contributed by atoms with Crippen molar-refractivity contribution in [3.8, 4) is 0 Å². The lowest BCUT2D eigenvalue weighted by Crippen LogP contribution is -2.30. The molecule has 152 valence electrons. The number of carbonyl (C=O) groups is 1. The van der Waals surface area contributed by atoms with Gasteiger partial charge in [-0.05, 0) is 55.0 Å². The number of fused-ring (bicyclic) bond motifs is 1. The maximum absolute atomic E-state index is 13.6. The van der Waals surface area contributed by atoms with E-state index in [-0.39, 0.29) is 5.91 Å². The Morgan fingerprint density at radius 2 is 1.97 bits per heavy atom. The molecule has 30 heavy (non-hydrogen) atoms. The van der Waals surface area contributed by atoms with Crippen LogP contribution in [-0.2, 0) is 6.54 Å². The summed E-state index contributed by atoms with van der Waals surface area (Å²) in [6.45, 7) is 6.73. The second kappa shape index (κ2) is 8.98. The first-order valence-corrected chi connectivity index (χ1v) is 11.5. The van der Waals surface area contributed by atoms with E-state index in [0.29, 0.717) is 22.5 Å². The molecule has 4 nitrogen and oxygen atoms in total. The molecule has 0 bridgehead atoms. The molecule has 4 rings (SSSR count). The number of thiazole rings is 1. The summed E-state index contributed by atoms with van der Waals surface area (Å²) in [5, 5.41) is 1.14. The molecule has 0 aliphatic carbocycles. The van der Waals surface area contributed by atoms with Crippen LogP contribution in [0.2, 0.25) is 0 Å². The number of hydrogen-bond acceptors (Lipinski definition) is 5. The number of aromatic nitrogens is 2. The summed E-state index contributed by atoms with van der Waals surface area (Å²) in [7, 11) is 0. The van der Waals surface area contributed by atoms with Gasteiger partial charge in [0.2, 0.25) is 0 Å². The van der Waals surface area contributed by atoms with Crippen molar-refractivity contribution in [1.82, 2.24) is 9.97 Å². The Labute approximate surface area is 185 Å². The van der Waals surface area contributed by atoms with Crippen molar-refractivity contribution in [2.24, 2.45) is 0 Å². The lowest BCUT2D eigenvalue weighted by Gasteiger charge is -2.20. The fraction of sp³-hybridized carbons (Fsp3) is 0.208. The van der Waals surface area contributed by atoms with E-state index in [1.165, 1.54) is 16.9 Å². The van der Waals surface area contributed by atoms with E-state index in [2.05, 4.69) is 31.8 Å². The molecular weight excluding hydrogens is 410 g/mol. The van der Waals surface area contributed by atoms with Gasteiger partial charge >= 0.3 is 0 Å². The summed E-state index contributed by atoms with van der Waals surface area (Å²) in [5.41, 5.74) is 3.57. The van der Waals surface area contributed by atoms with Gasteiger partial charge in [-0.1, -0.05) is 43.4 Å². The van der Waals surface area contributed by atoms with Gasteiger partial charge in [0.15, 0.2) is 5.13 Å². The highest BCUT2D eigenvalue weighted by molar-refractivity contribution is 7.99. The number of thioether (sulfide) groups is 1. The Morgan fingerprint density at radius 1 is 1.10 bits per heavy atom. The highest BCUT2D eigenvalue weighted by atomic mass is 32.2. The third kappa shape index (κ3) is 4.71. The van der Waals surface area contributed by atoms with Gasteiger partial charge in [0.1, 0.15) is 0 Å². The van der Waals surface area contributed by atoms with Crippen LogP contribution in [0, 0.1) is 6.92 Å². The second-order valence-corrected chi connectivity index (χ2v) is 10.0. The third-order valence-corrected chi connectivity index (χ3v) is 6.55. The average Bonchev–Trinajstić information content (AvgIpc) is 3.15. The summed E-state index contributed by atoms with van der Waals surface area (Å²) in [6.07, 6.45) is 1.75. The van der Waals surface area contributed by atoms with Gasteiger partial charge < -0.3 is 0 Å². The average molecular weight is 434 g/mol. The fourth-order valence-corrected chi connectivity index (χ4v) is 5.10. The number of hydrogen-bond donors (Lipinski definition) is 0. The molecule has 0 radical (unpaired) electrons. The zero-order valence-electron chi connectivity index (χ0n) is 17.2. The van der Waals surface area contributed by atoms with Gasteiger partial charge in [-0.25, -0.2) is 4.98 Å². The molecule has 4 aromatic rings. The molecule has 6 heteroatoms. The Bertz CT molecular complexity index is 1170. The van der Waals surface area contributed by atoms with E-state index in [4.69, 9.17) is 4.98 Å². The molecule has 0 fully saturated rings.